The SMILES string of the molecule is O=C(CSc1n[nH]c(COc2ccc3ccccc3c2)n1)N/N=C\[C@@H](O)[C@@H](O)[C@H](O)[C@H](O)CO. The average molecular weight is 492 g/mol. The number of thioether (sulfide) groups is 1. The minimum atomic E-state index is -1.80. The van der Waals surface area contributed by atoms with Crippen LogP contribution in [0.15, 0.2) is 52.7 Å². The maximum atomic E-state index is 11.9. The lowest BCUT2D eigenvalue weighted by Gasteiger charge is -2.23. The molecule has 0 spiro atoms. The van der Waals surface area contributed by atoms with Crippen LogP contribution in [-0.2, 0) is 11.4 Å². The molecule has 4 atom stereocenters. The summed E-state index contributed by atoms with van der Waals surface area (Å²) in [7, 11) is 0. The molecule has 1 heterocycles. The molecule has 2 aromatic carbocycles. The average Bonchev–Trinajstić information content (AvgIpc) is 3.32. The number of H-pyrrole nitrogens is 1. The predicted octanol–water partition coefficient (Wildman–Crippen LogP) is -0.833. The molecule has 0 fully saturated rings. The Balaban J connectivity index is 1.40. The molecule has 0 aliphatic rings. The molecular weight excluding hydrogens is 466 g/mol. The zero-order valence-electron chi connectivity index (χ0n) is 17.9. The summed E-state index contributed by atoms with van der Waals surface area (Å²) in [6, 6.07) is 13.7. The molecule has 0 saturated heterocycles. The van der Waals surface area contributed by atoms with E-state index in [1.165, 1.54) is 0 Å². The van der Waals surface area contributed by atoms with Gasteiger partial charge in [-0.05, 0) is 22.9 Å². The molecule has 3 rings (SSSR count). The molecule has 182 valence electrons. The van der Waals surface area contributed by atoms with E-state index >= 15 is 0 Å². The highest BCUT2D eigenvalue weighted by Gasteiger charge is 2.29. The van der Waals surface area contributed by atoms with Crippen LogP contribution in [0.4, 0.5) is 0 Å². The van der Waals surface area contributed by atoms with Crippen molar-refractivity contribution in [1.82, 2.24) is 20.6 Å². The Bertz CT molecular complexity index is 1110. The first kappa shape index (κ1) is 25.6. The molecule has 12 nitrogen and oxygen atoms in total. The van der Waals surface area contributed by atoms with Gasteiger partial charge in [0, 0.05) is 0 Å². The van der Waals surface area contributed by atoms with Crippen LogP contribution in [0.2, 0.25) is 0 Å². The second-order valence-corrected chi connectivity index (χ2v) is 8.13. The summed E-state index contributed by atoms with van der Waals surface area (Å²) < 4.78 is 5.74. The Hall–Kier alpha value is -3.07. The lowest BCUT2D eigenvalue weighted by atomic mass is 10.0. The van der Waals surface area contributed by atoms with Crippen molar-refractivity contribution in [2.24, 2.45) is 5.10 Å². The fraction of sp³-hybridized carbons (Fsp3) is 0.333. The molecule has 0 aliphatic heterocycles. The Kier molecular flexibility index (Phi) is 9.33. The number of nitrogens with one attached hydrogen (secondary N) is 2. The molecule has 1 aromatic heterocycles. The van der Waals surface area contributed by atoms with E-state index in [0.29, 0.717) is 16.7 Å². The van der Waals surface area contributed by atoms with Crippen LogP contribution in [-0.4, -0.2) is 89.6 Å². The first-order chi connectivity index (χ1) is 16.4. The van der Waals surface area contributed by atoms with E-state index in [-0.39, 0.29) is 12.4 Å². The number of fused-ring (bicyclic) bond motifs is 1. The first-order valence-electron chi connectivity index (χ1n) is 10.2. The van der Waals surface area contributed by atoms with Crippen LogP contribution in [0, 0.1) is 0 Å². The van der Waals surface area contributed by atoms with Crippen LogP contribution < -0.4 is 10.2 Å². The number of amides is 1. The standard InChI is InChI=1S/C21H25N5O7S/c27-9-16(29)20(32)19(31)15(28)8-22-25-18(30)11-34-21-23-17(24-26-21)10-33-14-6-5-12-3-1-2-4-13(12)7-14/h1-8,15-16,19-20,27-29,31-32H,9-11H2,(H,25,30)(H,23,24,26)/b22-8-/t15-,16-,19-,20-/m1/s1. The van der Waals surface area contributed by atoms with Crippen LogP contribution in [0.5, 0.6) is 5.75 Å². The minimum absolute atomic E-state index is 0.0787. The summed E-state index contributed by atoms with van der Waals surface area (Å²) >= 11 is 1.04. The van der Waals surface area contributed by atoms with Gasteiger partial charge < -0.3 is 30.3 Å². The minimum Gasteiger partial charge on any atom is -0.486 e. The number of rotatable bonds is 12. The summed E-state index contributed by atoms with van der Waals surface area (Å²) in [5, 5.41) is 59.6. The van der Waals surface area contributed by atoms with Gasteiger partial charge in [0.1, 0.15) is 36.8 Å². The number of ether oxygens (including phenoxy) is 1. The summed E-state index contributed by atoms with van der Waals surface area (Å²) in [5.74, 6) is 0.560. The molecule has 0 unspecified atom stereocenters. The molecule has 1 amide bonds. The summed E-state index contributed by atoms with van der Waals surface area (Å²) in [4.78, 5) is 16.1. The second kappa shape index (κ2) is 12.4. The van der Waals surface area contributed by atoms with Gasteiger partial charge in [0.2, 0.25) is 5.16 Å². The van der Waals surface area contributed by atoms with E-state index in [2.05, 4.69) is 25.7 Å². The van der Waals surface area contributed by atoms with Gasteiger partial charge in [0.05, 0.1) is 18.6 Å². The zero-order chi connectivity index (χ0) is 24.5. The zero-order valence-corrected chi connectivity index (χ0v) is 18.7. The van der Waals surface area contributed by atoms with Crippen molar-refractivity contribution < 1.29 is 35.1 Å². The van der Waals surface area contributed by atoms with Gasteiger partial charge in [-0.2, -0.15) is 5.10 Å². The van der Waals surface area contributed by atoms with E-state index in [0.717, 1.165) is 28.7 Å². The Morgan fingerprint density at radius 1 is 1.15 bits per heavy atom. The van der Waals surface area contributed by atoms with E-state index in [9.17, 15) is 25.2 Å². The number of carbonyl (C=O) groups is 1. The van der Waals surface area contributed by atoms with Crippen molar-refractivity contribution >= 4 is 34.7 Å². The summed E-state index contributed by atoms with van der Waals surface area (Å²) in [5.41, 5.74) is 2.14. The van der Waals surface area contributed by atoms with Gasteiger partial charge in [-0.25, -0.2) is 10.4 Å². The molecule has 34 heavy (non-hydrogen) atoms. The highest BCUT2D eigenvalue weighted by atomic mass is 32.2. The number of hydrogen-bond acceptors (Lipinski definition) is 11. The van der Waals surface area contributed by atoms with Crippen molar-refractivity contribution in [3.05, 3.63) is 48.3 Å². The van der Waals surface area contributed by atoms with E-state index in [1.54, 1.807) is 0 Å². The summed E-state index contributed by atoms with van der Waals surface area (Å²) in [6.45, 7) is -0.631. The molecule has 0 saturated carbocycles. The number of aromatic amines is 1. The summed E-state index contributed by atoms with van der Waals surface area (Å²) in [6.07, 6.45) is -6.12. The topological polar surface area (TPSA) is 193 Å². The maximum Gasteiger partial charge on any atom is 0.250 e. The lowest BCUT2D eigenvalue weighted by Crippen LogP contribution is -2.46. The number of hydrogen-bond donors (Lipinski definition) is 7. The molecular formula is C21H25N5O7S. The van der Waals surface area contributed by atoms with E-state index in [4.69, 9.17) is 9.84 Å². The molecule has 0 bridgehead atoms. The van der Waals surface area contributed by atoms with Crippen molar-refractivity contribution in [2.45, 2.75) is 36.2 Å². The largest absolute Gasteiger partial charge is 0.486 e. The number of hydrazone groups is 1. The monoisotopic (exact) mass is 491 g/mol. The fourth-order valence-corrected chi connectivity index (χ4v) is 3.40. The maximum absolute atomic E-state index is 11.9. The van der Waals surface area contributed by atoms with E-state index in [1.807, 2.05) is 42.5 Å². The molecule has 0 radical (unpaired) electrons. The smallest absolute Gasteiger partial charge is 0.250 e. The number of benzene rings is 2. The van der Waals surface area contributed by atoms with Crippen LogP contribution >= 0.6 is 11.8 Å². The number of aliphatic hydroxyl groups is 5. The van der Waals surface area contributed by atoms with Gasteiger partial charge in [0.15, 0.2) is 5.82 Å². The number of aromatic nitrogens is 3. The van der Waals surface area contributed by atoms with Crippen LogP contribution in [0.3, 0.4) is 0 Å². The molecule has 3 aromatic rings. The number of aliphatic hydroxyl groups excluding tert-OH is 5. The van der Waals surface area contributed by atoms with Crippen molar-refractivity contribution in [2.75, 3.05) is 12.4 Å². The van der Waals surface area contributed by atoms with E-state index < -0.39 is 36.9 Å². The molecule has 13 heteroatoms. The third-order valence-corrected chi connectivity index (χ3v) is 5.48. The first-order valence-corrected chi connectivity index (χ1v) is 11.2. The Morgan fingerprint density at radius 3 is 2.68 bits per heavy atom. The predicted molar refractivity (Wildman–Crippen MR) is 123 cm³/mol. The third-order valence-electron chi connectivity index (χ3n) is 4.64. The Labute approximate surface area is 198 Å². The fourth-order valence-electron chi connectivity index (χ4n) is 2.79. The Morgan fingerprint density at radius 2 is 1.91 bits per heavy atom. The van der Waals surface area contributed by atoms with Crippen LogP contribution in [0.1, 0.15) is 5.82 Å². The quantitative estimate of drug-likeness (QED) is 0.0955. The number of carbonyl (C=O) groups excluding carboxylic acids is 1. The number of nitrogens with zero attached hydrogens (tertiary/aromatic N) is 3. The highest BCUT2D eigenvalue weighted by Crippen LogP contribution is 2.21. The van der Waals surface area contributed by atoms with Gasteiger partial charge in [-0.3, -0.25) is 9.89 Å². The normalized spacial score (nSPS) is 15.2. The third kappa shape index (κ3) is 7.21. The van der Waals surface area contributed by atoms with Crippen molar-refractivity contribution in [3.63, 3.8) is 0 Å². The van der Waals surface area contributed by atoms with Crippen molar-refractivity contribution in [1.29, 1.82) is 0 Å². The van der Waals surface area contributed by atoms with Gasteiger partial charge in [-0.15, -0.1) is 5.10 Å². The van der Waals surface area contributed by atoms with Gasteiger partial charge >= 0.3 is 0 Å². The molecule has 0 aliphatic carbocycles. The second-order valence-electron chi connectivity index (χ2n) is 7.19. The highest BCUT2D eigenvalue weighted by molar-refractivity contribution is 7.99. The molecule has 7 N–H and O–H groups in total. The van der Waals surface area contributed by atoms with Gasteiger partial charge in [-0.1, -0.05) is 42.1 Å². The van der Waals surface area contributed by atoms with Gasteiger partial charge in [0.25, 0.3) is 5.91 Å². The lowest BCUT2D eigenvalue weighted by molar-refractivity contribution is -0.118. The van der Waals surface area contributed by atoms with Crippen LogP contribution in [0.25, 0.3) is 10.8 Å². The van der Waals surface area contributed by atoms with Crippen molar-refractivity contribution in [3.8, 4) is 5.75 Å².